The fourth-order valence-electron chi connectivity index (χ4n) is 2.61. The highest BCUT2D eigenvalue weighted by atomic mass is 16.2. The summed E-state index contributed by atoms with van der Waals surface area (Å²) in [5, 5.41) is 0. The first-order valence-electron chi connectivity index (χ1n) is 6.93. The van der Waals surface area contributed by atoms with Crippen LogP contribution in [0.2, 0.25) is 0 Å². The molecule has 1 aliphatic rings. The highest BCUT2D eigenvalue weighted by Crippen LogP contribution is 2.27. The largest absolute Gasteiger partial charge is 0.315 e. The topological polar surface area (TPSA) is 20.3 Å². The molecular weight excluding hydrogens is 222 g/mol. The normalized spacial score (nSPS) is 16.5. The standard InChI is InChI=1S/C16H22NO/c1-17(15-10-6-3-7-11-15)16(18)13-12-14-8-4-2-5-9-14/h3,6-7,10-11,13-14H,2,4-5,8-9,12H2,1H3. The summed E-state index contributed by atoms with van der Waals surface area (Å²) in [6.07, 6.45) is 9.42. The Labute approximate surface area is 110 Å². The van der Waals surface area contributed by atoms with Crippen LogP contribution in [0.4, 0.5) is 5.69 Å². The molecular formula is C16H22NO. The van der Waals surface area contributed by atoms with E-state index in [2.05, 4.69) is 0 Å². The van der Waals surface area contributed by atoms with Crippen molar-refractivity contribution in [3.8, 4) is 0 Å². The number of para-hydroxylation sites is 1. The van der Waals surface area contributed by atoms with Crippen molar-refractivity contribution in [3.63, 3.8) is 0 Å². The molecule has 0 aromatic heterocycles. The van der Waals surface area contributed by atoms with Gasteiger partial charge in [0.15, 0.2) is 0 Å². The molecule has 0 aliphatic heterocycles. The van der Waals surface area contributed by atoms with Crippen LogP contribution in [0.25, 0.3) is 0 Å². The molecule has 1 saturated carbocycles. The Kier molecular flexibility index (Phi) is 4.80. The number of anilines is 1. The number of hydrogen-bond donors (Lipinski definition) is 0. The molecule has 1 amide bonds. The molecule has 1 fully saturated rings. The molecule has 0 bridgehead atoms. The van der Waals surface area contributed by atoms with Gasteiger partial charge in [-0.05, 0) is 24.5 Å². The summed E-state index contributed by atoms with van der Waals surface area (Å²) in [4.78, 5) is 13.8. The van der Waals surface area contributed by atoms with Gasteiger partial charge in [-0.2, -0.15) is 0 Å². The summed E-state index contributed by atoms with van der Waals surface area (Å²) in [6, 6.07) is 9.81. The summed E-state index contributed by atoms with van der Waals surface area (Å²) in [6.45, 7) is 0. The maximum atomic E-state index is 12.1. The van der Waals surface area contributed by atoms with Crippen LogP contribution in [0.1, 0.15) is 38.5 Å². The number of nitrogens with zero attached hydrogens (tertiary/aromatic N) is 1. The van der Waals surface area contributed by atoms with Gasteiger partial charge in [0.25, 0.3) is 0 Å². The Balaban J connectivity index is 1.80. The Morgan fingerprint density at radius 2 is 1.89 bits per heavy atom. The van der Waals surface area contributed by atoms with Crippen LogP contribution in [0.5, 0.6) is 0 Å². The SMILES string of the molecule is CN(C(=O)[CH]CC1CCCCC1)c1ccccc1. The van der Waals surface area contributed by atoms with Gasteiger partial charge < -0.3 is 4.90 Å². The van der Waals surface area contributed by atoms with Crippen LogP contribution in [-0.4, -0.2) is 13.0 Å². The predicted molar refractivity (Wildman–Crippen MR) is 75.3 cm³/mol. The lowest BCUT2D eigenvalue weighted by molar-refractivity contribution is -0.115. The predicted octanol–water partition coefficient (Wildman–Crippen LogP) is 3.82. The number of amides is 1. The average molecular weight is 244 g/mol. The lowest BCUT2D eigenvalue weighted by Crippen LogP contribution is -2.27. The van der Waals surface area contributed by atoms with E-state index in [0.717, 1.165) is 18.0 Å². The fraction of sp³-hybridized carbons (Fsp3) is 0.500. The maximum Gasteiger partial charge on any atom is 0.230 e. The van der Waals surface area contributed by atoms with Crippen molar-refractivity contribution in [1.29, 1.82) is 0 Å². The van der Waals surface area contributed by atoms with E-state index in [1.165, 1.54) is 32.1 Å². The lowest BCUT2D eigenvalue weighted by Gasteiger charge is -2.22. The quantitative estimate of drug-likeness (QED) is 0.788. The summed E-state index contributed by atoms with van der Waals surface area (Å²) >= 11 is 0. The van der Waals surface area contributed by atoms with Crippen molar-refractivity contribution in [2.24, 2.45) is 5.92 Å². The van der Waals surface area contributed by atoms with E-state index in [4.69, 9.17) is 0 Å². The third kappa shape index (κ3) is 3.59. The van der Waals surface area contributed by atoms with Crippen LogP contribution < -0.4 is 4.90 Å². The molecule has 2 heteroatoms. The molecule has 1 aromatic rings. The molecule has 97 valence electrons. The van der Waals surface area contributed by atoms with E-state index in [1.54, 1.807) is 4.90 Å². The third-order valence-electron chi connectivity index (χ3n) is 3.82. The van der Waals surface area contributed by atoms with Crippen molar-refractivity contribution in [1.82, 2.24) is 0 Å². The second-order valence-electron chi connectivity index (χ2n) is 5.18. The number of benzene rings is 1. The molecule has 1 aliphatic carbocycles. The number of hydrogen-bond acceptors (Lipinski definition) is 1. The zero-order valence-electron chi connectivity index (χ0n) is 11.1. The fourth-order valence-corrected chi connectivity index (χ4v) is 2.61. The van der Waals surface area contributed by atoms with Crippen molar-refractivity contribution >= 4 is 11.6 Å². The molecule has 0 saturated heterocycles. The smallest absolute Gasteiger partial charge is 0.230 e. The van der Waals surface area contributed by atoms with Crippen LogP contribution in [-0.2, 0) is 4.79 Å². The van der Waals surface area contributed by atoms with Crippen molar-refractivity contribution in [2.75, 3.05) is 11.9 Å². The number of rotatable bonds is 4. The Bertz CT molecular complexity index is 368. The molecule has 0 N–H and O–H groups in total. The van der Waals surface area contributed by atoms with Gasteiger partial charge in [0, 0.05) is 12.7 Å². The molecule has 2 rings (SSSR count). The minimum absolute atomic E-state index is 0.117. The minimum atomic E-state index is 0.117. The lowest BCUT2D eigenvalue weighted by atomic mass is 9.86. The van der Waals surface area contributed by atoms with Gasteiger partial charge in [0.05, 0.1) is 6.42 Å². The first-order chi connectivity index (χ1) is 8.77. The second-order valence-corrected chi connectivity index (χ2v) is 5.18. The molecule has 18 heavy (non-hydrogen) atoms. The van der Waals surface area contributed by atoms with Crippen LogP contribution in [0.15, 0.2) is 30.3 Å². The molecule has 2 nitrogen and oxygen atoms in total. The van der Waals surface area contributed by atoms with E-state index >= 15 is 0 Å². The van der Waals surface area contributed by atoms with E-state index in [0.29, 0.717) is 0 Å². The zero-order chi connectivity index (χ0) is 12.8. The van der Waals surface area contributed by atoms with Gasteiger partial charge in [-0.1, -0.05) is 50.3 Å². The number of carbonyl (C=O) groups excluding carboxylic acids is 1. The van der Waals surface area contributed by atoms with Crippen LogP contribution >= 0.6 is 0 Å². The molecule has 0 unspecified atom stereocenters. The molecule has 0 heterocycles. The summed E-state index contributed by atoms with van der Waals surface area (Å²) in [5.74, 6) is 0.846. The zero-order valence-corrected chi connectivity index (χ0v) is 11.1. The van der Waals surface area contributed by atoms with E-state index < -0.39 is 0 Å². The van der Waals surface area contributed by atoms with Crippen molar-refractivity contribution in [3.05, 3.63) is 36.8 Å². The maximum absolute atomic E-state index is 12.1. The second kappa shape index (κ2) is 6.58. The highest BCUT2D eigenvalue weighted by molar-refractivity contribution is 5.98. The Morgan fingerprint density at radius 1 is 1.22 bits per heavy atom. The van der Waals surface area contributed by atoms with E-state index in [-0.39, 0.29) is 5.91 Å². The number of carbonyl (C=O) groups is 1. The monoisotopic (exact) mass is 244 g/mol. The van der Waals surface area contributed by atoms with Crippen molar-refractivity contribution in [2.45, 2.75) is 38.5 Å². The summed E-state index contributed by atoms with van der Waals surface area (Å²) in [7, 11) is 1.84. The first kappa shape index (κ1) is 13.1. The first-order valence-corrected chi connectivity index (χ1v) is 6.93. The van der Waals surface area contributed by atoms with Crippen LogP contribution in [0, 0.1) is 12.3 Å². The Morgan fingerprint density at radius 3 is 2.56 bits per heavy atom. The Hall–Kier alpha value is -1.31. The minimum Gasteiger partial charge on any atom is -0.315 e. The third-order valence-corrected chi connectivity index (χ3v) is 3.82. The van der Waals surface area contributed by atoms with Gasteiger partial charge in [0.1, 0.15) is 0 Å². The van der Waals surface area contributed by atoms with Gasteiger partial charge in [-0.3, -0.25) is 4.79 Å². The molecule has 1 radical (unpaired) electrons. The average Bonchev–Trinajstić information content (AvgIpc) is 2.46. The molecule has 0 spiro atoms. The summed E-state index contributed by atoms with van der Waals surface area (Å²) < 4.78 is 0. The van der Waals surface area contributed by atoms with Gasteiger partial charge in [-0.15, -0.1) is 0 Å². The summed E-state index contributed by atoms with van der Waals surface area (Å²) in [5.41, 5.74) is 0.961. The highest BCUT2D eigenvalue weighted by Gasteiger charge is 2.17. The van der Waals surface area contributed by atoms with Crippen LogP contribution in [0.3, 0.4) is 0 Å². The van der Waals surface area contributed by atoms with Crippen molar-refractivity contribution < 1.29 is 4.79 Å². The van der Waals surface area contributed by atoms with Gasteiger partial charge in [0.2, 0.25) is 5.91 Å². The van der Waals surface area contributed by atoms with E-state index in [1.807, 2.05) is 43.8 Å². The molecule has 0 atom stereocenters. The van der Waals surface area contributed by atoms with Gasteiger partial charge >= 0.3 is 0 Å². The molecule has 1 aromatic carbocycles. The van der Waals surface area contributed by atoms with Gasteiger partial charge in [-0.25, -0.2) is 0 Å². The van der Waals surface area contributed by atoms with E-state index in [9.17, 15) is 4.79 Å².